The average molecular weight is 293 g/mol. The number of sulfone groups is 1. The number of esters is 1. The Morgan fingerprint density at radius 2 is 1.84 bits per heavy atom. The maximum atomic E-state index is 11.8. The third-order valence-electron chi connectivity index (χ3n) is 2.82. The maximum absolute atomic E-state index is 11.8. The third-order valence-corrected chi connectivity index (χ3v) is 4.53. The van der Waals surface area contributed by atoms with Gasteiger partial charge in [0.1, 0.15) is 5.75 Å². The number of nitrogens with one attached hydrogen (secondary N) is 1. The molecule has 1 atom stereocenters. The molecule has 0 fully saturated rings. The molecule has 0 saturated heterocycles. The van der Waals surface area contributed by atoms with Gasteiger partial charge in [-0.2, -0.15) is 0 Å². The molecule has 1 amide bonds. The van der Waals surface area contributed by atoms with E-state index < -0.39 is 38.9 Å². The van der Waals surface area contributed by atoms with Gasteiger partial charge in [-0.1, -0.05) is 13.8 Å². The second-order valence-electron chi connectivity index (χ2n) is 5.26. The Morgan fingerprint density at radius 3 is 2.26 bits per heavy atom. The lowest BCUT2D eigenvalue weighted by Crippen LogP contribution is -2.45. The summed E-state index contributed by atoms with van der Waals surface area (Å²) >= 11 is 0. The predicted molar refractivity (Wildman–Crippen MR) is 72.3 cm³/mol. The van der Waals surface area contributed by atoms with Gasteiger partial charge in [-0.15, -0.1) is 0 Å². The van der Waals surface area contributed by atoms with Crippen LogP contribution >= 0.6 is 0 Å². The van der Waals surface area contributed by atoms with E-state index in [1.54, 1.807) is 0 Å². The van der Waals surface area contributed by atoms with Crippen LogP contribution in [0.4, 0.5) is 0 Å². The lowest BCUT2D eigenvalue weighted by molar-refractivity contribution is -0.144. The van der Waals surface area contributed by atoms with Crippen molar-refractivity contribution >= 4 is 21.7 Å². The van der Waals surface area contributed by atoms with E-state index in [2.05, 4.69) is 10.1 Å². The van der Waals surface area contributed by atoms with Crippen molar-refractivity contribution in [1.82, 2.24) is 5.32 Å². The summed E-state index contributed by atoms with van der Waals surface area (Å²) in [7, 11) is -2.43. The number of rotatable bonds is 7. The molecule has 1 unspecified atom stereocenters. The van der Waals surface area contributed by atoms with Gasteiger partial charge in [-0.25, -0.2) is 8.42 Å². The predicted octanol–water partition coefficient (Wildman–Crippen LogP) is 0.515. The summed E-state index contributed by atoms with van der Waals surface area (Å²) in [5.41, 5.74) is -0.444. The summed E-state index contributed by atoms with van der Waals surface area (Å²) < 4.78 is 28.0. The van der Waals surface area contributed by atoms with Crippen molar-refractivity contribution in [2.24, 2.45) is 5.92 Å². The Labute approximate surface area is 114 Å². The van der Waals surface area contributed by atoms with E-state index in [1.165, 1.54) is 14.0 Å². The van der Waals surface area contributed by atoms with Crippen LogP contribution in [0.25, 0.3) is 0 Å². The van der Waals surface area contributed by atoms with Crippen LogP contribution in [-0.2, 0) is 24.2 Å². The smallest absolute Gasteiger partial charge is 0.309 e. The quantitative estimate of drug-likeness (QED) is 0.691. The van der Waals surface area contributed by atoms with Gasteiger partial charge in [-0.05, 0) is 20.3 Å². The summed E-state index contributed by atoms with van der Waals surface area (Å²) in [4.78, 5) is 22.8. The molecule has 112 valence electrons. The molecular formula is C12H23NO5S. The Bertz CT molecular complexity index is 427. The summed E-state index contributed by atoms with van der Waals surface area (Å²) in [5, 5.41) is 2.64. The molecule has 1 N–H and O–H groups in total. The van der Waals surface area contributed by atoms with Crippen molar-refractivity contribution in [3.05, 3.63) is 0 Å². The highest BCUT2D eigenvalue weighted by atomic mass is 32.2. The Morgan fingerprint density at radius 1 is 1.32 bits per heavy atom. The first-order valence-corrected chi connectivity index (χ1v) is 7.94. The molecule has 0 aromatic carbocycles. The largest absolute Gasteiger partial charge is 0.469 e. The first-order valence-electron chi connectivity index (χ1n) is 6.12. The van der Waals surface area contributed by atoms with Crippen molar-refractivity contribution in [1.29, 1.82) is 0 Å². The molecule has 0 aliphatic heterocycles. The van der Waals surface area contributed by atoms with Crippen molar-refractivity contribution in [2.75, 3.05) is 18.6 Å². The second kappa shape index (κ2) is 6.88. The lowest BCUT2D eigenvalue weighted by Gasteiger charge is -2.24. The zero-order valence-corrected chi connectivity index (χ0v) is 13.0. The third kappa shape index (κ3) is 7.15. The first kappa shape index (κ1) is 17.9. The van der Waals surface area contributed by atoms with Gasteiger partial charge in [0, 0.05) is 5.54 Å². The van der Waals surface area contributed by atoms with Crippen molar-refractivity contribution in [3.63, 3.8) is 0 Å². The summed E-state index contributed by atoms with van der Waals surface area (Å²) in [5.74, 6) is -2.93. The standard InChI is InChI=1S/C12H23NO5S/c1-6-12(3,4)13-10(14)8-19(16,17)7-9(2)11(15)18-5/h9H,6-8H2,1-5H3,(H,13,14). The molecule has 0 saturated carbocycles. The maximum Gasteiger partial charge on any atom is 0.309 e. The molecule has 0 bridgehead atoms. The SMILES string of the molecule is CCC(C)(C)NC(=O)CS(=O)(=O)CC(C)C(=O)OC. The van der Waals surface area contributed by atoms with E-state index in [4.69, 9.17) is 0 Å². The molecule has 0 heterocycles. The van der Waals surface area contributed by atoms with Crippen molar-refractivity contribution in [3.8, 4) is 0 Å². The first-order chi connectivity index (χ1) is 8.53. The van der Waals surface area contributed by atoms with E-state index >= 15 is 0 Å². The number of hydrogen-bond acceptors (Lipinski definition) is 5. The number of carbonyl (C=O) groups is 2. The number of carbonyl (C=O) groups excluding carboxylic acids is 2. The minimum atomic E-state index is -3.63. The molecule has 0 aromatic rings. The normalized spacial score (nSPS) is 13.7. The molecule has 6 nitrogen and oxygen atoms in total. The Hall–Kier alpha value is -1.11. The van der Waals surface area contributed by atoms with Crippen LogP contribution in [0.15, 0.2) is 0 Å². The molecular weight excluding hydrogens is 270 g/mol. The lowest BCUT2D eigenvalue weighted by atomic mass is 10.0. The van der Waals surface area contributed by atoms with Gasteiger partial charge in [0.25, 0.3) is 0 Å². The van der Waals surface area contributed by atoms with Gasteiger partial charge < -0.3 is 10.1 Å². The minimum absolute atomic E-state index is 0.389. The fourth-order valence-corrected chi connectivity index (χ4v) is 2.90. The monoisotopic (exact) mass is 293 g/mol. The molecule has 7 heteroatoms. The fraction of sp³-hybridized carbons (Fsp3) is 0.833. The highest BCUT2D eigenvalue weighted by Crippen LogP contribution is 2.08. The van der Waals surface area contributed by atoms with E-state index in [0.717, 1.165) is 0 Å². The van der Waals surface area contributed by atoms with Gasteiger partial charge in [0.2, 0.25) is 5.91 Å². The van der Waals surface area contributed by atoms with Crippen molar-refractivity contribution < 1.29 is 22.7 Å². The summed E-state index contributed by atoms with van der Waals surface area (Å²) in [6.45, 7) is 6.98. The summed E-state index contributed by atoms with van der Waals surface area (Å²) in [6, 6.07) is 0. The molecule has 0 spiro atoms. The number of hydrogen-bond donors (Lipinski definition) is 1. The minimum Gasteiger partial charge on any atom is -0.469 e. The van der Waals surface area contributed by atoms with Gasteiger partial charge >= 0.3 is 5.97 Å². The van der Waals surface area contributed by atoms with E-state index in [9.17, 15) is 18.0 Å². The van der Waals surface area contributed by atoms with E-state index in [1.807, 2.05) is 20.8 Å². The van der Waals surface area contributed by atoms with Crippen LogP contribution in [0.2, 0.25) is 0 Å². The zero-order chi connectivity index (χ0) is 15.3. The summed E-state index contributed by atoms with van der Waals surface area (Å²) in [6.07, 6.45) is 0.692. The highest BCUT2D eigenvalue weighted by Gasteiger charge is 2.26. The van der Waals surface area contributed by atoms with Crippen LogP contribution in [0, 0.1) is 5.92 Å². The molecule has 0 aromatic heterocycles. The topological polar surface area (TPSA) is 89.5 Å². The fourth-order valence-electron chi connectivity index (χ4n) is 1.41. The van der Waals surface area contributed by atoms with Gasteiger partial charge in [-0.3, -0.25) is 9.59 Å². The molecule has 19 heavy (non-hydrogen) atoms. The number of ether oxygens (including phenoxy) is 1. The number of amides is 1. The average Bonchev–Trinajstić information content (AvgIpc) is 2.25. The van der Waals surface area contributed by atoms with Gasteiger partial charge in [0.15, 0.2) is 9.84 Å². The van der Waals surface area contributed by atoms with Crippen LogP contribution in [0.5, 0.6) is 0 Å². The van der Waals surface area contributed by atoms with Crippen LogP contribution < -0.4 is 5.32 Å². The second-order valence-corrected chi connectivity index (χ2v) is 7.37. The van der Waals surface area contributed by atoms with Crippen LogP contribution in [0.1, 0.15) is 34.1 Å². The van der Waals surface area contributed by atoms with Gasteiger partial charge in [0.05, 0.1) is 18.8 Å². The van der Waals surface area contributed by atoms with Crippen LogP contribution in [0.3, 0.4) is 0 Å². The molecule has 0 aliphatic rings. The zero-order valence-electron chi connectivity index (χ0n) is 12.1. The molecule has 0 rings (SSSR count). The number of methoxy groups -OCH3 is 1. The van der Waals surface area contributed by atoms with Crippen LogP contribution in [-0.4, -0.2) is 44.4 Å². The Kier molecular flexibility index (Phi) is 6.48. The Balaban J connectivity index is 4.54. The van der Waals surface area contributed by atoms with E-state index in [0.29, 0.717) is 6.42 Å². The molecule has 0 aliphatic carbocycles. The highest BCUT2D eigenvalue weighted by molar-refractivity contribution is 7.92. The van der Waals surface area contributed by atoms with Crippen molar-refractivity contribution in [2.45, 2.75) is 39.7 Å². The van der Waals surface area contributed by atoms with E-state index in [-0.39, 0.29) is 5.75 Å². The molecule has 0 radical (unpaired) electrons.